The summed E-state index contributed by atoms with van der Waals surface area (Å²) in [4.78, 5) is -0.537. The molecule has 0 heterocycles. The molecule has 4 nitrogen and oxygen atoms in total. The van der Waals surface area contributed by atoms with Crippen LogP contribution in [0.5, 0.6) is 5.75 Å². The summed E-state index contributed by atoms with van der Waals surface area (Å²) in [6, 6.07) is 4.13. The van der Waals surface area contributed by atoms with Crippen molar-refractivity contribution in [1.82, 2.24) is 0 Å². The molecule has 0 spiro atoms. The maximum absolute atomic E-state index is 11.6. The molecular formula is C19H31NaO4S. The van der Waals surface area contributed by atoms with Crippen molar-refractivity contribution >= 4 is 10.1 Å². The van der Waals surface area contributed by atoms with Gasteiger partial charge >= 0.3 is 29.6 Å². The summed E-state index contributed by atoms with van der Waals surface area (Å²) in [6.45, 7) is 2.24. The van der Waals surface area contributed by atoms with Crippen LogP contribution >= 0.6 is 0 Å². The molecule has 0 saturated heterocycles. The molecule has 1 rings (SSSR count). The third kappa shape index (κ3) is 11.3. The smallest absolute Gasteiger partial charge is 0.872 e. The molecule has 0 fully saturated rings. The molecule has 0 amide bonds. The van der Waals surface area contributed by atoms with Crippen LogP contribution in [0.3, 0.4) is 0 Å². The van der Waals surface area contributed by atoms with Crippen LogP contribution in [0, 0.1) is 0 Å². The zero-order chi connectivity index (χ0) is 17.8. The van der Waals surface area contributed by atoms with Crippen molar-refractivity contribution in [3.8, 4) is 5.75 Å². The second kappa shape index (κ2) is 14.0. The van der Waals surface area contributed by atoms with E-state index in [-0.39, 0.29) is 29.6 Å². The van der Waals surface area contributed by atoms with Crippen LogP contribution in [-0.2, 0) is 16.5 Å². The van der Waals surface area contributed by atoms with Crippen molar-refractivity contribution in [3.63, 3.8) is 0 Å². The van der Waals surface area contributed by atoms with Gasteiger partial charge < -0.3 is 5.11 Å². The summed E-state index contributed by atoms with van der Waals surface area (Å²) in [5, 5.41) is 11.6. The molecule has 1 aromatic rings. The van der Waals surface area contributed by atoms with Crippen LogP contribution in [0.4, 0.5) is 0 Å². The monoisotopic (exact) mass is 378 g/mol. The van der Waals surface area contributed by atoms with Gasteiger partial charge in [0.2, 0.25) is 0 Å². The van der Waals surface area contributed by atoms with Gasteiger partial charge in [-0.2, -0.15) is 8.42 Å². The maximum atomic E-state index is 11.6. The van der Waals surface area contributed by atoms with E-state index in [4.69, 9.17) is 4.55 Å². The Morgan fingerprint density at radius 1 is 0.880 bits per heavy atom. The number of hydrogen-bond donors (Lipinski definition) is 1. The molecule has 0 radical (unpaired) electrons. The molecule has 0 bridgehead atoms. The fourth-order valence-electron chi connectivity index (χ4n) is 2.91. The van der Waals surface area contributed by atoms with Gasteiger partial charge in [0.15, 0.2) is 0 Å². The SMILES string of the molecule is CCCCCCCCCCCCCc1ccc(S(=O)(=O)O)c([O-])c1.[Na+]. The normalized spacial score (nSPS) is 11.3. The van der Waals surface area contributed by atoms with Gasteiger partial charge in [0.25, 0.3) is 10.1 Å². The largest absolute Gasteiger partial charge is 1.00 e. The summed E-state index contributed by atoms with van der Waals surface area (Å²) in [5.41, 5.74) is 0.836. The van der Waals surface area contributed by atoms with Crippen molar-refractivity contribution in [1.29, 1.82) is 0 Å². The molecule has 0 aromatic heterocycles. The average molecular weight is 379 g/mol. The van der Waals surface area contributed by atoms with E-state index in [9.17, 15) is 13.5 Å². The molecule has 6 heteroatoms. The summed E-state index contributed by atoms with van der Waals surface area (Å²) in [7, 11) is -4.41. The van der Waals surface area contributed by atoms with E-state index in [1.54, 1.807) is 6.07 Å². The van der Waals surface area contributed by atoms with Gasteiger partial charge in [0.05, 0.1) is 4.90 Å². The quantitative estimate of drug-likeness (QED) is 0.323. The summed E-state index contributed by atoms with van der Waals surface area (Å²) in [5.74, 6) is -0.627. The van der Waals surface area contributed by atoms with Gasteiger partial charge in [-0.05, 0) is 24.5 Å². The zero-order valence-electron chi connectivity index (χ0n) is 15.8. The van der Waals surface area contributed by atoms with Crippen molar-refractivity contribution in [2.24, 2.45) is 0 Å². The molecule has 0 unspecified atom stereocenters. The minimum Gasteiger partial charge on any atom is -0.872 e. The first-order valence-electron chi connectivity index (χ1n) is 9.22. The third-order valence-electron chi connectivity index (χ3n) is 4.36. The van der Waals surface area contributed by atoms with E-state index in [1.807, 2.05) is 0 Å². The predicted octanol–water partition coefficient (Wildman–Crippen LogP) is 1.86. The Kier molecular flexibility index (Phi) is 14.0. The third-order valence-corrected chi connectivity index (χ3v) is 5.25. The number of benzene rings is 1. The van der Waals surface area contributed by atoms with Gasteiger partial charge in [-0.25, -0.2) is 0 Å². The van der Waals surface area contributed by atoms with Crippen molar-refractivity contribution in [3.05, 3.63) is 23.8 Å². The molecule has 0 atom stereocenters. The standard InChI is InChI=1S/C19H32O4S.Na/c1-2-3-4-5-6-7-8-9-10-11-12-13-17-14-15-19(18(20)16-17)24(21,22)23;/h14-16,20H,2-13H2,1H3,(H,21,22,23);/q;+1/p-1. The summed E-state index contributed by atoms with van der Waals surface area (Å²) >= 11 is 0. The minimum atomic E-state index is -4.41. The van der Waals surface area contributed by atoms with Crippen LogP contribution in [0.1, 0.15) is 83.1 Å². The Morgan fingerprint density at radius 3 is 1.80 bits per heavy atom. The molecule has 0 aliphatic rings. The second-order valence-electron chi connectivity index (χ2n) is 6.54. The van der Waals surface area contributed by atoms with E-state index < -0.39 is 20.8 Å². The first kappa shape index (κ1) is 24.9. The van der Waals surface area contributed by atoms with Crippen LogP contribution in [0.2, 0.25) is 0 Å². The Bertz CT molecular complexity index is 573. The molecule has 0 aliphatic heterocycles. The minimum absolute atomic E-state index is 0. The predicted molar refractivity (Wildman–Crippen MR) is 95.9 cm³/mol. The van der Waals surface area contributed by atoms with Crippen molar-refractivity contribution in [2.75, 3.05) is 0 Å². The van der Waals surface area contributed by atoms with E-state index in [0.29, 0.717) is 0 Å². The average Bonchev–Trinajstić information content (AvgIpc) is 2.51. The fraction of sp³-hybridized carbons (Fsp3) is 0.684. The van der Waals surface area contributed by atoms with Gasteiger partial charge in [-0.15, -0.1) is 0 Å². The molecule has 0 saturated carbocycles. The van der Waals surface area contributed by atoms with Gasteiger partial charge in [0, 0.05) is 0 Å². The molecule has 138 valence electrons. The van der Waals surface area contributed by atoms with Crippen molar-refractivity contribution in [2.45, 2.75) is 88.9 Å². The Morgan fingerprint density at radius 2 is 1.36 bits per heavy atom. The van der Waals surface area contributed by atoms with Gasteiger partial charge in [-0.3, -0.25) is 4.55 Å². The molecule has 0 aliphatic carbocycles. The maximum Gasteiger partial charge on any atom is 1.00 e. The number of unbranched alkanes of at least 4 members (excludes halogenated alkanes) is 10. The topological polar surface area (TPSA) is 77.4 Å². The van der Waals surface area contributed by atoms with E-state index in [0.717, 1.165) is 24.8 Å². The van der Waals surface area contributed by atoms with Crippen molar-refractivity contribution < 1.29 is 47.6 Å². The molecule has 1 N–H and O–H groups in total. The van der Waals surface area contributed by atoms with E-state index in [2.05, 4.69) is 6.92 Å². The summed E-state index contributed by atoms with van der Waals surface area (Å²) in [6.07, 6.45) is 14.8. The first-order valence-corrected chi connectivity index (χ1v) is 10.7. The van der Waals surface area contributed by atoms with Crippen LogP contribution in [0.25, 0.3) is 0 Å². The Balaban J connectivity index is 0.00000576. The molecule has 25 heavy (non-hydrogen) atoms. The Labute approximate surface area is 175 Å². The zero-order valence-corrected chi connectivity index (χ0v) is 18.6. The molecule has 1 aromatic carbocycles. The van der Waals surface area contributed by atoms with Crippen LogP contribution in [0.15, 0.2) is 23.1 Å². The van der Waals surface area contributed by atoms with E-state index in [1.165, 1.54) is 69.9 Å². The van der Waals surface area contributed by atoms with E-state index >= 15 is 0 Å². The van der Waals surface area contributed by atoms with Gasteiger partial charge in [-0.1, -0.05) is 89.0 Å². The second-order valence-corrected chi connectivity index (χ2v) is 7.93. The summed E-state index contributed by atoms with van der Waals surface area (Å²) < 4.78 is 30.9. The first-order chi connectivity index (χ1) is 11.4. The number of hydrogen-bond acceptors (Lipinski definition) is 3. The number of rotatable bonds is 13. The molecular weight excluding hydrogens is 347 g/mol. The van der Waals surface area contributed by atoms with Gasteiger partial charge in [0.1, 0.15) is 0 Å². The van der Waals surface area contributed by atoms with Crippen LogP contribution in [-0.4, -0.2) is 13.0 Å². The Hall–Kier alpha value is -0.0700. The fourth-order valence-corrected chi connectivity index (χ4v) is 3.47. The number of aryl methyl sites for hydroxylation is 1. The van der Waals surface area contributed by atoms with Crippen LogP contribution < -0.4 is 34.7 Å².